The van der Waals surface area contributed by atoms with Crippen molar-refractivity contribution in [2.24, 2.45) is 4.99 Å². The summed E-state index contributed by atoms with van der Waals surface area (Å²) >= 11 is 1.84. The van der Waals surface area contributed by atoms with Gasteiger partial charge in [0.15, 0.2) is 5.96 Å². The molecule has 1 heterocycles. The highest BCUT2D eigenvalue weighted by atomic mass is 127. The van der Waals surface area contributed by atoms with Crippen LogP contribution in [0.5, 0.6) is 0 Å². The highest BCUT2D eigenvalue weighted by Crippen LogP contribution is 2.20. The van der Waals surface area contributed by atoms with E-state index in [0.29, 0.717) is 0 Å². The lowest BCUT2D eigenvalue weighted by Crippen LogP contribution is -2.41. The molecule has 23 heavy (non-hydrogen) atoms. The Morgan fingerprint density at radius 1 is 1.30 bits per heavy atom. The second kappa shape index (κ2) is 12.6. The number of hydrogen-bond acceptors (Lipinski definition) is 4. The van der Waals surface area contributed by atoms with Gasteiger partial charge in [-0.25, -0.2) is 0 Å². The van der Waals surface area contributed by atoms with Gasteiger partial charge in [0.1, 0.15) is 0 Å². The van der Waals surface area contributed by atoms with E-state index in [4.69, 9.17) is 0 Å². The third-order valence-corrected chi connectivity index (χ3v) is 5.25. The van der Waals surface area contributed by atoms with Crippen molar-refractivity contribution in [1.29, 1.82) is 0 Å². The van der Waals surface area contributed by atoms with Crippen LogP contribution in [0.2, 0.25) is 0 Å². The smallest absolute Gasteiger partial charge is 0.191 e. The summed E-state index contributed by atoms with van der Waals surface area (Å²) in [5, 5.41) is 16.2. The molecule has 0 aromatic carbocycles. The van der Waals surface area contributed by atoms with Crippen LogP contribution in [0.4, 0.5) is 0 Å². The van der Waals surface area contributed by atoms with E-state index in [1.54, 1.807) is 0 Å². The van der Waals surface area contributed by atoms with E-state index in [0.717, 1.165) is 64.5 Å². The van der Waals surface area contributed by atoms with Crippen molar-refractivity contribution in [3.8, 4) is 0 Å². The van der Waals surface area contributed by atoms with Crippen molar-refractivity contribution < 1.29 is 5.11 Å². The summed E-state index contributed by atoms with van der Waals surface area (Å²) in [6.45, 7) is 12.3. The number of thioether (sulfide) groups is 1. The minimum absolute atomic E-state index is 0. The molecule has 5 nitrogen and oxygen atoms in total. The number of nitrogens with one attached hydrogen (secondary N) is 2. The molecule has 1 rings (SSSR count). The summed E-state index contributed by atoms with van der Waals surface area (Å²) in [5.74, 6) is 0.915. The van der Waals surface area contributed by atoms with Crippen LogP contribution in [0.25, 0.3) is 0 Å². The fraction of sp³-hybridized carbons (Fsp3) is 0.938. The summed E-state index contributed by atoms with van der Waals surface area (Å²) in [5.41, 5.74) is 0. The lowest BCUT2D eigenvalue weighted by Gasteiger charge is -2.29. The summed E-state index contributed by atoms with van der Waals surface area (Å²) in [7, 11) is 0. The Labute approximate surface area is 163 Å². The second-order valence-corrected chi connectivity index (χ2v) is 8.03. The molecule has 0 aromatic heterocycles. The molecule has 0 amide bonds. The zero-order valence-corrected chi connectivity index (χ0v) is 18.2. The lowest BCUT2D eigenvalue weighted by atomic mass is 10.1. The van der Waals surface area contributed by atoms with Crippen LogP contribution < -0.4 is 10.6 Å². The standard InChI is InChI=1S/C16H34N4OS.HI/c1-5-17-15(19-13-16(2,3)22-4)18-9-6-10-20-11-7-14(21)8-12-20;/h14,21H,5-13H2,1-4H3,(H2,17,18,19);1H. The Balaban J connectivity index is 0.00000484. The summed E-state index contributed by atoms with van der Waals surface area (Å²) in [4.78, 5) is 7.12. The second-order valence-electron chi connectivity index (χ2n) is 6.51. The maximum atomic E-state index is 9.51. The number of piperidine rings is 1. The molecule has 0 saturated carbocycles. The molecule has 1 aliphatic heterocycles. The molecule has 0 aromatic rings. The average Bonchev–Trinajstić information content (AvgIpc) is 2.51. The van der Waals surface area contributed by atoms with Gasteiger partial charge < -0.3 is 20.6 Å². The molecule has 0 atom stereocenters. The Morgan fingerprint density at radius 2 is 1.96 bits per heavy atom. The van der Waals surface area contributed by atoms with E-state index in [-0.39, 0.29) is 34.8 Å². The van der Waals surface area contributed by atoms with Gasteiger partial charge in [0.2, 0.25) is 0 Å². The molecule has 0 unspecified atom stereocenters. The van der Waals surface area contributed by atoms with Gasteiger partial charge in [0.05, 0.1) is 12.6 Å². The van der Waals surface area contributed by atoms with Gasteiger partial charge in [-0.15, -0.1) is 24.0 Å². The first kappa shape index (κ1) is 23.3. The van der Waals surface area contributed by atoms with Crippen LogP contribution in [0.15, 0.2) is 4.99 Å². The molecule has 7 heteroatoms. The Morgan fingerprint density at radius 3 is 2.52 bits per heavy atom. The number of halogens is 1. The normalized spacial score (nSPS) is 17.7. The maximum absolute atomic E-state index is 9.51. The molecule has 138 valence electrons. The van der Waals surface area contributed by atoms with Gasteiger partial charge in [-0.2, -0.15) is 11.8 Å². The van der Waals surface area contributed by atoms with Gasteiger partial charge in [-0.1, -0.05) is 0 Å². The number of rotatable bonds is 8. The fourth-order valence-corrected chi connectivity index (χ4v) is 2.52. The van der Waals surface area contributed by atoms with Gasteiger partial charge in [-0.05, 0) is 52.8 Å². The third kappa shape index (κ3) is 10.7. The number of hydrogen-bond donors (Lipinski definition) is 3. The number of aliphatic hydroxyl groups excluding tert-OH is 1. The zero-order chi connectivity index (χ0) is 16.4. The van der Waals surface area contributed by atoms with Crippen LogP contribution in [-0.4, -0.2) is 72.3 Å². The van der Waals surface area contributed by atoms with Gasteiger partial charge in [0, 0.05) is 30.9 Å². The molecular formula is C16H35IN4OS. The quantitative estimate of drug-likeness (QED) is 0.225. The van der Waals surface area contributed by atoms with Crippen molar-refractivity contribution in [1.82, 2.24) is 15.5 Å². The topological polar surface area (TPSA) is 59.9 Å². The molecule has 0 aliphatic carbocycles. The van der Waals surface area contributed by atoms with Crippen LogP contribution >= 0.6 is 35.7 Å². The van der Waals surface area contributed by atoms with Crippen LogP contribution in [0, 0.1) is 0 Å². The Kier molecular flexibility index (Phi) is 12.8. The number of aliphatic imine (C=N–C) groups is 1. The van der Waals surface area contributed by atoms with Gasteiger partial charge >= 0.3 is 0 Å². The minimum atomic E-state index is -0.0818. The van der Waals surface area contributed by atoms with Crippen LogP contribution in [0.1, 0.15) is 40.0 Å². The summed E-state index contributed by atoms with van der Waals surface area (Å²) in [6.07, 6.45) is 4.99. The summed E-state index contributed by atoms with van der Waals surface area (Å²) < 4.78 is 0.178. The molecule has 1 saturated heterocycles. The van der Waals surface area contributed by atoms with E-state index in [1.165, 1.54) is 0 Å². The Bertz CT molecular complexity index is 334. The Hall–Kier alpha value is 0.270. The van der Waals surface area contributed by atoms with Crippen LogP contribution in [-0.2, 0) is 0 Å². The van der Waals surface area contributed by atoms with Crippen molar-refractivity contribution in [2.45, 2.75) is 50.9 Å². The van der Waals surface area contributed by atoms with E-state index in [2.05, 4.69) is 47.6 Å². The highest BCUT2D eigenvalue weighted by molar-refractivity contribution is 14.0. The maximum Gasteiger partial charge on any atom is 0.191 e. The minimum Gasteiger partial charge on any atom is -0.393 e. The molecule has 1 fully saturated rings. The zero-order valence-electron chi connectivity index (χ0n) is 15.1. The molecule has 0 bridgehead atoms. The monoisotopic (exact) mass is 458 g/mol. The van der Waals surface area contributed by atoms with Crippen molar-refractivity contribution in [2.75, 3.05) is 45.5 Å². The number of aliphatic hydroxyl groups is 1. The largest absolute Gasteiger partial charge is 0.393 e. The molecule has 1 aliphatic rings. The van der Waals surface area contributed by atoms with E-state index in [9.17, 15) is 5.11 Å². The predicted octanol–water partition coefficient (Wildman–Crippen LogP) is 2.15. The predicted molar refractivity (Wildman–Crippen MR) is 113 cm³/mol. The first-order chi connectivity index (χ1) is 10.5. The number of guanidine groups is 1. The highest BCUT2D eigenvalue weighted by Gasteiger charge is 2.17. The van der Waals surface area contributed by atoms with Crippen molar-refractivity contribution in [3.05, 3.63) is 0 Å². The number of likely N-dealkylation sites (tertiary alicyclic amines) is 1. The van der Waals surface area contributed by atoms with E-state index in [1.807, 2.05) is 11.8 Å². The van der Waals surface area contributed by atoms with Gasteiger partial charge in [-0.3, -0.25) is 4.99 Å². The van der Waals surface area contributed by atoms with E-state index < -0.39 is 0 Å². The lowest BCUT2D eigenvalue weighted by molar-refractivity contribution is 0.0823. The molecule has 3 N–H and O–H groups in total. The summed E-state index contributed by atoms with van der Waals surface area (Å²) in [6, 6.07) is 0. The van der Waals surface area contributed by atoms with Crippen LogP contribution in [0.3, 0.4) is 0 Å². The van der Waals surface area contributed by atoms with Crippen molar-refractivity contribution >= 4 is 41.7 Å². The van der Waals surface area contributed by atoms with Gasteiger partial charge in [0.25, 0.3) is 0 Å². The average molecular weight is 458 g/mol. The molecule has 0 radical (unpaired) electrons. The molecular weight excluding hydrogens is 423 g/mol. The van der Waals surface area contributed by atoms with Crippen molar-refractivity contribution in [3.63, 3.8) is 0 Å². The molecule has 0 spiro atoms. The third-order valence-electron chi connectivity index (χ3n) is 4.02. The SMILES string of the molecule is CCNC(=NCC(C)(C)SC)NCCCN1CCC(O)CC1.I. The fourth-order valence-electron chi connectivity index (χ4n) is 2.33. The number of nitrogens with zero attached hydrogens (tertiary/aromatic N) is 2. The first-order valence-corrected chi connectivity index (χ1v) is 9.67. The van der Waals surface area contributed by atoms with E-state index >= 15 is 0 Å². The first-order valence-electron chi connectivity index (χ1n) is 8.44.